The summed E-state index contributed by atoms with van der Waals surface area (Å²) in [7, 11) is 1.63. The van der Waals surface area contributed by atoms with E-state index in [1.54, 1.807) is 25.4 Å². The molecule has 0 aliphatic heterocycles. The third-order valence-electron chi connectivity index (χ3n) is 3.14. The quantitative estimate of drug-likeness (QED) is 0.750. The van der Waals surface area contributed by atoms with Gasteiger partial charge in [-0.3, -0.25) is 0 Å². The molecule has 3 aromatic rings. The minimum atomic E-state index is -1.06. The zero-order valence-electron chi connectivity index (χ0n) is 11.5. The van der Waals surface area contributed by atoms with E-state index in [-0.39, 0.29) is 5.56 Å². The van der Waals surface area contributed by atoms with Gasteiger partial charge in [0.15, 0.2) is 11.5 Å². The van der Waals surface area contributed by atoms with Gasteiger partial charge >= 0.3 is 5.97 Å². The number of nitrogens with one attached hydrogen (secondary N) is 1. The first-order valence-corrected chi connectivity index (χ1v) is 6.29. The fourth-order valence-corrected chi connectivity index (χ4v) is 2.09. The lowest BCUT2D eigenvalue weighted by molar-refractivity contribution is 0.0697. The zero-order chi connectivity index (χ0) is 15.7. The van der Waals surface area contributed by atoms with Crippen LogP contribution in [0.25, 0.3) is 16.9 Å². The lowest BCUT2D eigenvalue weighted by atomic mass is 10.2. The van der Waals surface area contributed by atoms with E-state index in [1.807, 2.05) is 6.07 Å². The van der Waals surface area contributed by atoms with Crippen molar-refractivity contribution < 1.29 is 9.90 Å². The highest BCUT2D eigenvalue weighted by atomic mass is 16.4. The molecule has 108 valence electrons. The summed E-state index contributed by atoms with van der Waals surface area (Å²) >= 11 is 0. The van der Waals surface area contributed by atoms with E-state index in [0.717, 1.165) is 0 Å². The summed E-state index contributed by atoms with van der Waals surface area (Å²) in [6.45, 7) is 0. The Morgan fingerprint density at radius 2 is 2.14 bits per heavy atom. The van der Waals surface area contributed by atoms with E-state index in [2.05, 4.69) is 20.4 Å². The van der Waals surface area contributed by atoms with Gasteiger partial charge in [-0.2, -0.15) is 15.0 Å². The minimum Gasteiger partial charge on any atom is -0.478 e. The average molecular weight is 294 g/mol. The highest BCUT2D eigenvalue weighted by Gasteiger charge is 2.14. The molecule has 0 amide bonds. The molecule has 0 aromatic carbocycles. The Kier molecular flexibility index (Phi) is 3.16. The van der Waals surface area contributed by atoms with Crippen LogP contribution in [0, 0.1) is 11.3 Å². The summed E-state index contributed by atoms with van der Waals surface area (Å²) in [6, 6.07) is 5.27. The second-order valence-electron chi connectivity index (χ2n) is 4.45. The van der Waals surface area contributed by atoms with E-state index in [1.165, 1.54) is 17.1 Å². The molecule has 0 unspecified atom stereocenters. The molecule has 22 heavy (non-hydrogen) atoms. The lowest BCUT2D eigenvalue weighted by Crippen LogP contribution is -2.07. The van der Waals surface area contributed by atoms with Crippen LogP contribution in [0.5, 0.6) is 0 Å². The molecule has 0 aliphatic carbocycles. The highest BCUT2D eigenvalue weighted by Crippen LogP contribution is 2.20. The van der Waals surface area contributed by atoms with Gasteiger partial charge in [0.05, 0.1) is 17.4 Å². The first-order valence-electron chi connectivity index (χ1n) is 6.29. The van der Waals surface area contributed by atoms with Crippen molar-refractivity contribution in [2.24, 2.45) is 0 Å². The largest absolute Gasteiger partial charge is 0.478 e. The maximum Gasteiger partial charge on any atom is 0.339 e. The number of carboxylic acid groups (broad SMARTS) is 1. The van der Waals surface area contributed by atoms with Gasteiger partial charge in [0.25, 0.3) is 0 Å². The van der Waals surface area contributed by atoms with Crippen LogP contribution >= 0.6 is 0 Å². The van der Waals surface area contributed by atoms with Crippen molar-refractivity contribution in [3.8, 4) is 11.9 Å². The van der Waals surface area contributed by atoms with E-state index >= 15 is 0 Å². The van der Waals surface area contributed by atoms with Crippen LogP contribution in [-0.2, 0) is 0 Å². The molecule has 0 spiro atoms. The van der Waals surface area contributed by atoms with Gasteiger partial charge in [0, 0.05) is 30.9 Å². The van der Waals surface area contributed by atoms with Gasteiger partial charge in [0.1, 0.15) is 11.6 Å². The van der Waals surface area contributed by atoms with Crippen molar-refractivity contribution in [3.05, 3.63) is 41.9 Å². The summed E-state index contributed by atoms with van der Waals surface area (Å²) in [5.74, 6) is -0.632. The maximum atomic E-state index is 11.1. The van der Waals surface area contributed by atoms with Crippen molar-refractivity contribution in [3.63, 3.8) is 0 Å². The predicted molar refractivity (Wildman–Crippen MR) is 77.9 cm³/mol. The van der Waals surface area contributed by atoms with Gasteiger partial charge in [-0.05, 0) is 6.07 Å². The number of nitrogens with zero attached hydrogens (tertiary/aromatic N) is 5. The van der Waals surface area contributed by atoms with Gasteiger partial charge in [-0.1, -0.05) is 0 Å². The van der Waals surface area contributed by atoms with Crippen LogP contribution in [0.1, 0.15) is 15.9 Å². The van der Waals surface area contributed by atoms with Crippen molar-refractivity contribution >= 4 is 22.7 Å². The SMILES string of the molecule is CNc1cc(-n2ncc3cc(C#N)cnc32)ncc1C(=O)O. The number of carboxylic acids is 1. The smallest absolute Gasteiger partial charge is 0.339 e. The molecular weight excluding hydrogens is 284 g/mol. The Balaban J connectivity index is 2.16. The Labute approximate surface area is 124 Å². The summed E-state index contributed by atoms with van der Waals surface area (Å²) in [5, 5.41) is 25.7. The molecule has 0 atom stereocenters. The predicted octanol–water partition coefficient (Wildman–Crippen LogP) is 1.43. The number of rotatable bonds is 3. The molecule has 0 bridgehead atoms. The molecule has 8 heteroatoms. The van der Waals surface area contributed by atoms with Crippen LogP contribution in [0.3, 0.4) is 0 Å². The van der Waals surface area contributed by atoms with E-state index in [9.17, 15) is 4.79 Å². The molecule has 3 rings (SSSR count). The number of fused-ring (bicyclic) bond motifs is 1. The van der Waals surface area contributed by atoms with Gasteiger partial charge < -0.3 is 10.4 Å². The fourth-order valence-electron chi connectivity index (χ4n) is 2.09. The summed E-state index contributed by atoms with van der Waals surface area (Å²) < 4.78 is 1.49. The third kappa shape index (κ3) is 2.10. The Hall–Kier alpha value is -3.47. The number of pyridine rings is 2. The standard InChI is InChI=1S/C14H10N6O2/c1-16-11-3-12(17-7-10(11)14(21)22)20-13-9(6-19-20)2-8(4-15)5-18-13/h2-3,5-7H,1H3,(H,16,17)(H,21,22). The third-order valence-corrected chi connectivity index (χ3v) is 3.14. The summed E-state index contributed by atoms with van der Waals surface area (Å²) in [5.41, 5.74) is 1.48. The number of nitriles is 1. The van der Waals surface area contributed by atoms with Gasteiger partial charge in [0.2, 0.25) is 0 Å². The molecule has 3 heterocycles. The molecule has 0 saturated carbocycles. The number of aromatic carboxylic acids is 1. The molecule has 8 nitrogen and oxygen atoms in total. The highest BCUT2D eigenvalue weighted by molar-refractivity contribution is 5.94. The van der Waals surface area contributed by atoms with Crippen molar-refractivity contribution in [1.82, 2.24) is 19.7 Å². The Morgan fingerprint density at radius 3 is 2.82 bits per heavy atom. The van der Waals surface area contributed by atoms with Crippen LogP contribution < -0.4 is 5.32 Å². The minimum absolute atomic E-state index is 0.0717. The molecule has 2 N–H and O–H groups in total. The molecular formula is C14H10N6O2. The number of aromatic nitrogens is 4. The van der Waals surface area contributed by atoms with Crippen LogP contribution in [0.4, 0.5) is 5.69 Å². The van der Waals surface area contributed by atoms with Crippen molar-refractivity contribution in [2.45, 2.75) is 0 Å². The first-order chi connectivity index (χ1) is 10.6. The number of anilines is 1. The topological polar surface area (TPSA) is 117 Å². The van der Waals surface area contributed by atoms with Crippen molar-refractivity contribution in [2.75, 3.05) is 12.4 Å². The molecule has 3 aromatic heterocycles. The number of carbonyl (C=O) groups is 1. The maximum absolute atomic E-state index is 11.1. The molecule has 0 saturated heterocycles. The molecule has 0 fully saturated rings. The monoisotopic (exact) mass is 294 g/mol. The average Bonchev–Trinajstić information content (AvgIpc) is 2.96. The zero-order valence-corrected chi connectivity index (χ0v) is 11.5. The first kappa shape index (κ1) is 13.5. The van der Waals surface area contributed by atoms with Crippen LogP contribution in [0.15, 0.2) is 30.7 Å². The van der Waals surface area contributed by atoms with Crippen LogP contribution in [-0.4, -0.2) is 37.9 Å². The summed E-state index contributed by atoms with van der Waals surface area (Å²) in [4.78, 5) is 19.4. The van der Waals surface area contributed by atoms with E-state index in [4.69, 9.17) is 10.4 Å². The van der Waals surface area contributed by atoms with Gasteiger partial charge in [-0.15, -0.1) is 0 Å². The Bertz CT molecular complexity index is 925. The second-order valence-corrected chi connectivity index (χ2v) is 4.45. The van der Waals surface area contributed by atoms with Crippen LogP contribution in [0.2, 0.25) is 0 Å². The van der Waals surface area contributed by atoms with Crippen molar-refractivity contribution in [1.29, 1.82) is 5.26 Å². The Morgan fingerprint density at radius 1 is 1.32 bits per heavy atom. The lowest BCUT2D eigenvalue weighted by Gasteiger charge is -2.08. The second kappa shape index (κ2) is 5.14. The van der Waals surface area contributed by atoms with Gasteiger partial charge in [-0.25, -0.2) is 14.8 Å². The number of hydrogen-bond donors (Lipinski definition) is 2. The summed E-state index contributed by atoms with van der Waals surface area (Å²) in [6.07, 6.45) is 4.29. The van der Waals surface area contributed by atoms with E-state index in [0.29, 0.717) is 28.1 Å². The van der Waals surface area contributed by atoms with E-state index < -0.39 is 5.97 Å². The fraction of sp³-hybridized carbons (Fsp3) is 0.0714. The normalized spacial score (nSPS) is 10.4. The number of hydrogen-bond acceptors (Lipinski definition) is 6. The molecule has 0 aliphatic rings. The molecule has 0 radical (unpaired) electrons.